The monoisotopic (exact) mass is 400 g/mol. The van der Waals surface area contributed by atoms with Crippen molar-refractivity contribution in [3.05, 3.63) is 35.5 Å². The van der Waals surface area contributed by atoms with Gasteiger partial charge < -0.3 is 10.2 Å². The molecule has 2 heteroatoms. The highest BCUT2D eigenvalue weighted by atomic mass is 16.3. The first-order valence-electron chi connectivity index (χ1n) is 12.1. The van der Waals surface area contributed by atoms with Crippen molar-refractivity contribution >= 4 is 0 Å². The molecule has 3 rings (SSSR count). The van der Waals surface area contributed by atoms with Crippen LogP contribution < -0.4 is 0 Å². The molecule has 0 spiro atoms. The molecule has 2 N–H and O–H groups in total. The molecule has 0 aliphatic heterocycles. The van der Waals surface area contributed by atoms with E-state index in [2.05, 4.69) is 32.6 Å². The summed E-state index contributed by atoms with van der Waals surface area (Å²) in [6, 6.07) is 0. The molecule has 29 heavy (non-hydrogen) atoms. The lowest BCUT2D eigenvalue weighted by Crippen LogP contribution is -2.36. The first-order chi connectivity index (χ1) is 13.6. The van der Waals surface area contributed by atoms with Crippen LogP contribution in [0.4, 0.5) is 0 Å². The number of hydrogen-bond acceptors (Lipinski definition) is 2. The topological polar surface area (TPSA) is 40.5 Å². The molecule has 3 saturated carbocycles. The quantitative estimate of drug-likeness (QED) is 0.518. The fourth-order valence-electron chi connectivity index (χ4n) is 6.70. The summed E-state index contributed by atoms with van der Waals surface area (Å²) in [5.74, 6) is 2.26. The van der Waals surface area contributed by atoms with Crippen LogP contribution in [0.15, 0.2) is 35.5 Å². The number of fused-ring (bicyclic) bond motifs is 1. The van der Waals surface area contributed by atoms with E-state index in [1.54, 1.807) is 5.57 Å². The molecule has 0 aromatic rings. The van der Waals surface area contributed by atoms with Gasteiger partial charge in [-0.3, -0.25) is 0 Å². The molecule has 0 heterocycles. The molecule has 0 saturated heterocycles. The Morgan fingerprint density at radius 2 is 1.93 bits per heavy atom. The molecule has 3 aliphatic rings. The summed E-state index contributed by atoms with van der Waals surface area (Å²) >= 11 is 0. The Bertz CT molecular complexity index is 650. The van der Waals surface area contributed by atoms with Crippen molar-refractivity contribution in [3.8, 4) is 0 Å². The molecule has 3 fully saturated rings. The average Bonchev–Trinajstić information content (AvgIpc) is 2.99. The molecule has 2 unspecified atom stereocenters. The Labute approximate surface area is 179 Å². The van der Waals surface area contributed by atoms with Gasteiger partial charge in [-0.1, -0.05) is 51.0 Å². The third kappa shape index (κ3) is 5.25. The Morgan fingerprint density at radius 1 is 1.17 bits per heavy atom. The molecule has 0 aromatic carbocycles. The molecular formula is C27H44O2. The predicted octanol–water partition coefficient (Wildman–Crippen LogP) is 6.73. The fraction of sp³-hybridized carbons (Fsp3) is 0.778. The number of rotatable bonds is 6. The summed E-state index contributed by atoms with van der Waals surface area (Å²) in [5.41, 5.74) is 3.74. The Hall–Kier alpha value is -0.860. The van der Waals surface area contributed by atoms with Gasteiger partial charge in [-0.2, -0.15) is 0 Å². The van der Waals surface area contributed by atoms with Gasteiger partial charge in [0.25, 0.3) is 0 Å². The van der Waals surface area contributed by atoms with E-state index in [9.17, 15) is 10.2 Å². The van der Waals surface area contributed by atoms with Crippen LogP contribution >= 0.6 is 0 Å². The van der Waals surface area contributed by atoms with Gasteiger partial charge in [0, 0.05) is 0 Å². The summed E-state index contributed by atoms with van der Waals surface area (Å²) in [6.07, 6.45) is 17.2. The smallest absolute Gasteiger partial charge is 0.0787 e. The number of aliphatic hydroxyl groups is 2. The average molecular weight is 401 g/mol. The first kappa shape index (κ1) is 22.8. The van der Waals surface area contributed by atoms with Gasteiger partial charge in [-0.15, -0.1) is 0 Å². The highest BCUT2D eigenvalue weighted by Crippen LogP contribution is 2.60. The highest BCUT2D eigenvalue weighted by molar-refractivity contribution is 5.37. The normalized spacial score (nSPS) is 37.2. The van der Waals surface area contributed by atoms with Crippen molar-refractivity contribution in [3.63, 3.8) is 0 Å². The molecule has 5 atom stereocenters. The predicted molar refractivity (Wildman–Crippen MR) is 123 cm³/mol. The van der Waals surface area contributed by atoms with Crippen molar-refractivity contribution in [1.82, 2.24) is 0 Å². The second-order valence-corrected chi connectivity index (χ2v) is 11.1. The molecule has 3 aliphatic carbocycles. The third-order valence-corrected chi connectivity index (χ3v) is 8.41. The SMILES string of the molecule is C=C1/C(=C\C=C2/CCC[C@@]3(C)C2CCC3[C@H](C)CCCC(C)(C)O)CCC[C@@H]1O. The number of aliphatic hydroxyl groups excluding tert-OH is 1. The van der Waals surface area contributed by atoms with Crippen LogP contribution in [0.1, 0.15) is 98.3 Å². The molecule has 0 radical (unpaired) electrons. The van der Waals surface area contributed by atoms with Crippen molar-refractivity contribution in [2.45, 2.75) is 110 Å². The van der Waals surface area contributed by atoms with Gasteiger partial charge in [0.2, 0.25) is 0 Å². The van der Waals surface area contributed by atoms with E-state index in [1.165, 1.54) is 44.1 Å². The lowest BCUT2D eigenvalue weighted by Gasteiger charge is -2.44. The molecule has 0 amide bonds. The van der Waals surface area contributed by atoms with Crippen molar-refractivity contribution in [2.75, 3.05) is 0 Å². The van der Waals surface area contributed by atoms with E-state index < -0.39 is 5.60 Å². The van der Waals surface area contributed by atoms with Gasteiger partial charge in [0.15, 0.2) is 0 Å². The minimum Gasteiger partial charge on any atom is -0.390 e. The van der Waals surface area contributed by atoms with Crippen LogP contribution in [0.2, 0.25) is 0 Å². The van der Waals surface area contributed by atoms with E-state index in [1.807, 2.05) is 13.8 Å². The number of allylic oxidation sites excluding steroid dienone is 3. The summed E-state index contributed by atoms with van der Waals surface area (Å²) in [6.45, 7) is 13.0. The standard InChI is InChI=1S/C27H44O2/c1-19(9-7-17-26(3,4)29)23-15-16-24-22(11-8-18-27(23,24)5)14-13-21-10-6-12-25(28)20(21)2/h13-14,19,23-25,28-29H,2,6-12,15-18H2,1,3-5H3/b21-13-,22-14+/t19-,23?,24?,25+,27-/m1/s1. The fourth-order valence-corrected chi connectivity index (χ4v) is 6.70. The Balaban J connectivity index is 1.68. The second-order valence-electron chi connectivity index (χ2n) is 11.1. The van der Waals surface area contributed by atoms with Crippen molar-refractivity contribution < 1.29 is 10.2 Å². The molecule has 0 bridgehead atoms. The summed E-state index contributed by atoms with van der Waals surface area (Å²) < 4.78 is 0. The van der Waals surface area contributed by atoms with Crippen LogP contribution in [-0.2, 0) is 0 Å². The lowest BCUT2D eigenvalue weighted by molar-refractivity contribution is 0.0596. The van der Waals surface area contributed by atoms with E-state index in [0.717, 1.165) is 55.4 Å². The third-order valence-electron chi connectivity index (χ3n) is 8.41. The van der Waals surface area contributed by atoms with Crippen LogP contribution in [0.3, 0.4) is 0 Å². The minimum atomic E-state index is -0.535. The van der Waals surface area contributed by atoms with Crippen LogP contribution in [-0.4, -0.2) is 21.9 Å². The Kier molecular flexibility index (Phi) is 7.16. The van der Waals surface area contributed by atoms with E-state index in [0.29, 0.717) is 5.41 Å². The van der Waals surface area contributed by atoms with Gasteiger partial charge in [-0.05, 0) is 106 Å². The lowest BCUT2D eigenvalue weighted by atomic mass is 9.60. The van der Waals surface area contributed by atoms with E-state index >= 15 is 0 Å². The van der Waals surface area contributed by atoms with Crippen LogP contribution in [0, 0.1) is 23.2 Å². The van der Waals surface area contributed by atoms with E-state index in [-0.39, 0.29) is 6.10 Å². The summed E-state index contributed by atoms with van der Waals surface area (Å²) in [5, 5.41) is 20.2. The van der Waals surface area contributed by atoms with Gasteiger partial charge >= 0.3 is 0 Å². The first-order valence-corrected chi connectivity index (χ1v) is 12.1. The molecule has 0 aromatic heterocycles. The van der Waals surface area contributed by atoms with Crippen molar-refractivity contribution in [1.29, 1.82) is 0 Å². The molecular weight excluding hydrogens is 356 g/mol. The van der Waals surface area contributed by atoms with Crippen LogP contribution in [0.25, 0.3) is 0 Å². The Morgan fingerprint density at radius 3 is 2.66 bits per heavy atom. The van der Waals surface area contributed by atoms with Gasteiger partial charge in [0.05, 0.1) is 11.7 Å². The zero-order chi connectivity index (χ0) is 21.2. The largest absolute Gasteiger partial charge is 0.390 e. The molecule has 164 valence electrons. The second kappa shape index (κ2) is 9.10. The highest BCUT2D eigenvalue weighted by Gasteiger charge is 2.50. The van der Waals surface area contributed by atoms with Crippen molar-refractivity contribution in [2.24, 2.45) is 23.2 Å². The summed E-state index contributed by atoms with van der Waals surface area (Å²) in [7, 11) is 0. The maximum atomic E-state index is 10.1. The maximum Gasteiger partial charge on any atom is 0.0787 e. The maximum absolute atomic E-state index is 10.1. The minimum absolute atomic E-state index is 0.342. The zero-order valence-electron chi connectivity index (χ0n) is 19.3. The van der Waals surface area contributed by atoms with Gasteiger partial charge in [0.1, 0.15) is 0 Å². The zero-order valence-corrected chi connectivity index (χ0v) is 19.3. The summed E-state index contributed by atoms with van der Waals surface area (Å²) in [4.78, 5) is 0. The van der Waals surface area contributed by atoms with Gasteiger partial charge in [-0.25, -0.2) is 0 Å². The number of hydrogen-bond donors (Lipinski definition) is 2. The van der Waals surface area contributed by atoms with E-state index in [4.69, 9.17) is 0 Å². The van der Waals surface area contributed by atoms with Crippen LogP contribution in [0.5, 0.6) is 0 Å². The molecule has 2 nitrogen and oxygen atoms in total.